The van der Waals surface area contributed by atoms with Gasteiger partial charge in [-0.2, -0.15) is 0 Å². The van der Waals surface area contributed by atoms with Crippen LogP contribution in [-0.4, -0.2) is 51.2 Å². The minimum atomic E-state index is 0.874. The zero-order chi connectivity index (χ0) is 12.8. The van der Waals surface area contributed by atoms with Crippen LogP contribution >= 0.6 is 11.8 Å². The Labute approximate surface area is 113 Å². The molecule has 5 heteroatoms. The molecule has 1 fully saturated rings. The van der Waals surface area contributed by atoms with Crippen LogP contribution < -0.4 is 14.8 Å². The summed E-state index contributed by atoms with van der Waals surface area (Å²) in [7, 11) is 3.39. The number of nitrogens with one attached hydrogen (secondary N) is 1. The minimum absolute atomic E-state index is 0.874. The molecule has 1 aliphatic rings. The van der Waals surface area contributed by atoms with Gasteiger partial charge in [0.1, 0.15) is 11.5 Å². The lowest BCUT2D eigenvalue weighted by atomic mass is 10.3. The van der Waals surface area contributed by atoms with Gasteiger partial charge in [0, 0.05) is 32.1 Å². The van der Waals surface area contributed by atoms with E-state index in [1.165, 1.54) is 0 Å². The van der Waals surface area contributed by atoms with Crippen LogP contribution in [0, 0.1) is 0 Å². The van der Waals surface area contributed by atoms with Gasteiger partial charge in [-0.15, -0.1) is 11.8 Å². The van der Waals surface area contributed by atoms with E-state index in [9.17, 15) is 0 Å². The van der Waals surface area contributed by atoms with E-state index in [0.29, 0.717) is 0 Å². The predicted molar refractivity (Wildman–Crippen MR) is 74.7 cm³/mol. The molecule has 4 nitrogen and oxygen atoms in total. The Balaban J connectivity index is 1.97. The highest BCUT2D eigenvalue weighted by atomic mass is 32.2. The zero-order valence-corrected chi connectivity index (χ0v) is 11.8. The van der Waals surface area contributed by atoms with Gasteiger partial charge in [-0.3, -0.25) is 4.90 Å². The number of methoxy groups -OCH3 is 2. The van der Waals surface area contributed by atoms with Crippen LogP contribution in [0.25, 0.3) is 0 Å². The second-order valence-corrected chi connectivity index (χ2v) is 5.14. The summed E-state index contributed by atoms with van der Waals surface area (Å²) in [5.41, 5.74) is 0. The molecule has 2 rings (SSSR count). The number of hydrogen-bond donors (Lipinski definition) is 1. The first-order valence-electron chi connectivity index (χ1n) is 6.11. The first kappa shape index (κ1) is 13.5. The molecule has 1 heterocycles. The third kappa shape index (κ3) is 3.54. The molecular weight excluding hydrogens is 248 g/mol. The highest BCUT2D eigenvalue weighted by molar-refractivity contribution is 7.99. The maximum atomic E-state index is 5.38. The number of piperazine rings is 1. The summed E-state index contributed by atoms with van der Waals surface area (Å²) in [5.74, 6) is 2.78. The Bertz CT molecular complexity index is 381. The number of thioether (sulfide) groups is 1. The smallest absolute Gasteiger partial charge is 0.132 e. The van der Waals surface area contributed by atoms with Crippen molar-refractivity contribution >= 4 is 11.8 Å². The van der Waals surface area contributed by atoms with Gasteiger partial charge in [-0.05, 0) is 18.2 Å². The minimum Gasteiger partial charge on any atom is -0.497 e. The second kappa shape index (κ2) is 6.87. The third-order valence-electron chi connectivity index (χ3n) is 2.98. The van der Waals surface area contributed by atoms with Crippen LogP contribution in [0.4, 0.5) is 0 Å². The lowest BCUT2D eigenvalue weighted by Crippen LogP contribution is -2.43. The van der Waals surface area contributed by atoms with Crippen LogP contribution in [0.1, 0.15) is 0 Å². The zero-order valence-electron chi connectivity index (χ0n) is 10.9. The van der Waals surface area contributed by atoms with E-state index in [2.05, 4.69) is 10.2 Å². The molecule has 0 radical (unpaired) electrons. The molecule has 18 heavy (non-hydrogen) atoms. The van der Waals surface area contributed by atoms with Gasteiger partial charge in [0.05, 0.1) is 19.1 Å². The Morgan fingerprint density at radius 2 is 2.00 bits per heavy atom. The largest absolute Gasteiger partial charge is 0.497 e. The molecule has 0 aromatic heterocycles. The molecule has 0 atom stereocenters. The second-order valence-electron chi connectivity index (χ2n) is 4.16. The highest BCUT2D eigenvalue weighted by Crippen LogP contribution is 2.33. The molecule has 1 aromatic rings. The Morgan fingerprint density at radius 1 is 1.22 bits per heavy atom. The van der Waals surface area contributed by atoms with E-state index in [-0.39, 0.29) is 0 Å². The van der Waals surface area contributed by atoms with Gasteiger partial charge >= 0.3 is 0 Å². The molecular formula is C13H20N2O2S. The third-order valence-corrected chi connectivity index (χ3v) is 4.11. The van der Waals surface area contributed by atoms with E-state index in [4.69, 9.17) is 9.47 Å². The van der Waals surface area contributed by atoms with Crippen molar-refractivity contribution in [3.8, 4) is 11.5 Å². The first-order valence-corrected chi connectivity index (χ1v) is 7.10. The summed E-state index contributed by atoms with van der Waals surface area (Å²) >= 11 is 1.80. The molecule has 0 saturated carbocycles. The fraction of sp³-hybridized carbons (Fsp3) is 0.538. The van der Waals surface area contributed by atoms with E-state index >= 15 is 0 Å². The van der Waals surface area contributed by atoms with Crippen LogP contribution in [-0.2, 0) is 0 Å². The van der Waals surface area contributed by atoms with Gasteiger partial charge in [-0.25, -0.2) is 0 Å². The average molecular weight is 268 g/mol. The van der Waals surface area contributed by atoms with E-state index < -0.39 is 0 Å². The SMILES string of the molecule is COc1ccc(OC)c(SCN2CCNCC2)c1. The first-order chi connectivity index (χ1) is 8.83. The van der Waals surface area contributed by atoms with Gasteiger partial charge in [0.2, 0.25) is 0 Å². The lowest BCUT2D eigenvalue weighted by molar-refractivity contribution is 0.280. The standard InChI is InChI=1S/C13H20N2O2S/c1-16-11-3-4-12(17-2)13(9-11)18-10-15-7-5-14-6-8-15/h3-4,9,14H,5-8,10H2,1-2H3. The average Bonchev–Trinajstić information content (AvgIpc) is 2.45. The summed E-state index contributed by atoms with van der Waals surface area (Å²) in [6, 6.07) is 5.92. The van der Waals surface area contributed by atoms with Crippen molar-refractivity contribution in [1.29, 1.82) is 0 Å². The molecule has 0 spiro atoms. The van der Waals surface area contributed by atoms with Crippen molar-refractivity contribution in [2.45, 2.75) is 4.90 Å². The van der Waals surface area contributed by atoms with E-state index in [0.717, 1.165) is 48.5 Å². The number of rotatable bonds is 5. The maximum Gasteiger partial charge on any atom is 0.132 e. The van der Waals surface area contributed by atoms with Gasteiger partial charge in [0.15, 0.2) is 0 Å². The molecule has 0 aliphatic carbocycles. The predicted octanol–water partition coefficient (Wildman–Crippen LogP) is 1.66. The van der Waals surface area contributed by atoms with Crippen molar-refractivity contribution in [3.63, 3.8) is 0 Å². The van der Waals surface area contributed by atoms with Crippen molar-refractivity contribution in [1.82, 2.24) is 10.2 Å². The summed E-state index contributed by atoms with van der Waals surface area (Å²) in [4.78, 5) is 3.58. The van der Waals surface area contributed by atoms with Gasteiger partial charge in [-0.1, -0.05) is 0 Å². The van der Waals surface area contributed by atoms with E-state index in [1.54, 1.807) is 26.0 Å². The highest BCUT2D eigenvalue weighted by Gasteiger charge is 2.11. The summed E-state index contributed by atoms with van der Waals surface area (Å²) in [6.07, 6.45) is 0. The Morgan fingerprint density at radius 3 is 2.67 bits per heavy atom. The number of nitrogens with zero attached hydrogens (tertiary/aromatic N) is 1. The molecule has 1 saturated heterocycles. The number of benzene rings is 1. The van der Waals surface area contributed by atoms with Crippen LogP contribution in [0.15, 0.2) is 23.1 Å². The topological polar surface area (TPSA) is 33.7 Å². The van der Waals surface area contributed by atoms with Crippen molar-refractivity contribution in [2.24, 2.45) is 0 Å². The number of ether oxygens (including phenoxy) is 2. The summed E-state index contributed by atoms with van der Waals surface area (Å²) in [5, 5.41) is 3.36. The fourth-order valence-electron chi connectivity index (χ4n) is 1.90. The van der Waals surface area contributed by atoms with Crippen molar-refractivity contribution < 1.29 is 9.47 Å². The van der Waals surface area contributed by atoms with Gasteiger partial charge < -0.3 is 14.8 Å². The fourth-order valence-corrected chi connectivity index (χ4v) is 2.97. The maximum absolute atomic E-state index is 5.38. The molecule has 0 bridgehead atoms. The summed E-state index contributed by atoms with van der Waals surface area (Å²) in [6.45, 7) is 4.38. The van der Waals surface area contributed by atoms with Gasteiger partial charge in [0.25, 0.3) is 0 Å². The van der Waals surface area contributed by atoms with Crippen molar-refractivity contribution in [3.05, 3.63) is 18.2 Å². The summed E-state index contributed by atoms with van der Waals surface area (Å²) < 4.78 is 10.6. The molecule has 1 aromatic carbocycles. The van der Waals surface area contributed by atoms with Crippen LogP contribution in [0.2, 0.25) is 0 Å². The Hall–Kier alpha value is -0.910. The Kier molecular flexibility index (Phi) is 5.16. The lowest BCUT2D eigenvalue weighted by Gasteiger charge is -2.26. The molecule has 1 aliphatic heterocycles. The molecule has 0 amide bonds. The quantitative estimate of drug-likeness (QED) is 0.821. The van der Waals surface area contributed by atoms with Crippen LogP contribution in [0.5, 0.6) is 11.5 Å². The van der Waals surface area contributed by atoms with Crippen molar-refractivity contribution in [2.75, 3.05) is 46.3 Å². The molecule has 0 unspecified atom stereocenters. The monoisotopic (exact) mass is 268 g/mol. The normalized spacial score (nSPS) is 16.6. The molecule has 100 valence electrons. The number of hydrogen-bond acceptors (Lipinski definition) is 5. The van der Waals surface area contributed by atoms with E-state index in [1.807, 2.05) is 18.2 Å². The van der Waals surface area contributed by atoms with Crippen LogP contribution in [0.3, 0.4) is 0 Å². The molecule has 1 N–H and O–H groups in total.